The van der Waals surface area contributed by atoms with Gasteiger partial charge in [0.25, 0.3) is 5.91 Å². The van der Waals surface area contributed by atoms with Crippen LogP contribution in [0.3, 0.4) is 0 Å². The summed E-state index contributed by atoms with van der Waals surface area (Å²) in [6.45, 7) is 4.15. The van der Waals surface area contributed by atoms with E-state index in [1.165, 1.54) is 19.3 Å². The lowest BCUT2D eigenvalue weighted by molar-refractivity contribution is -0.131. The van der Waals surface area contributed by atoms with Gasteiger partial charge in [0.1, 0.15) is 0 Å². The molecule has 8 nitrogen and oxygen atoms in total. The maximum absolute atomic E-state index is 12.3. The Balaban J connectivity index is 2.63. The summed E-state index contributed by atoms with van der Waals surface area (Å²) in [4.78, 5) is 32.6. The van der Waals surface area contributed by atoms with Gasteiger partial charge in [-0.05, 0) is 46.0 Å². The van der Waals surface area contributed by atoms with Gasteiger partial charge in [0.2, 0.25) is 15.9 Å². The third-order valence-corrected chi connectivity index (χ3v) is 5.38. The molecule has 0 fully saturated rings. The van der Waals surface area contributed by atoms with Crippen molar-refractivity contribution in [2.45, 2.75) is 26.2 Å². The Kier molecular flexibility index (Phi) is 8.84. The Morgan fingerprint density at radius 1 is 1.15 bits per heavy atom. The minimum absolute atomic E-state index is 0.100. The summed E-state index contributed by atoms with van der Waals surface area (Å²) in [7, 11) is 1.56. The highest BCUT2D eigenvalue weighted by atomic mass is 32.2. The molecule has 0 spiro atoms. The third kappa shape index (κ3) is 7.64. The zero-order chi connectivity index (χ0) is 20.6. The van der Waals surface area contributed by atoms with E-state index in [-0.39, 0.29) is 11.5 Å². The Morgan fingerprint density at radius 3 is 2.37 bits per heavy atom. The molecule has 27 heavy (non-hydrogen) atoms. The summed E-state index contributed by atoms with van der Waals surface area (Å²) in [6.07, 6.45) is 4.03. The lowest BCUT2D eigenvalue weighted by Gasteiger charge is -2.22. The normalized spacial score (nSPS) is 11.5. The van der Waals surface area contributed by atoms with Gasteiger partial charge in [0, 0.05) is 50.6 Å². The number of pyridine rings is 1. The number of sulfonamides is 1. The lowest BCUT2D eigenvalue weighted by atomic mass is 10.1. The van der Waals surface area contributed by atoms with Crippen molar-refractivity contribution in [3.63, 3.8) is 0 Å². The van der Waals surface area contributed by atoms with E-state index in [0.29, 0.717) is 42.4 Å². The number of aryl methyl sites for hydroxylation is 1. The number of amides is 2. The van der Waals surface area contributed by atoms with Crippen LogP contribution in [0.15, 0.2) is 18.3 Å². The molecule has 2 amide bonds. The van der Waals surface area contributed by atoms with Crippen molar-refractivity contribution in [2.75, 3.05) is 47.0 Å². The number of hydrogen-bond acceptors (Lipinski definition) is 6. The molecule has 0 aliphatic rings. The molecule has 0 N–H and O–H groups in total. The van der Waals surface area contributed by atoms with E-state index in [2.05, 4.69) is 4.98 Å². The fraction of sp³-hybridized carbons (Fsp3) is 0.611. The summed E-state index contributed by atoms with van der Waals surface area (Å²) >= 11 is 0. The number of hydrogen-bond donors (Lipinski definition) is 0. The number of carbonyl (C=O) groups is 2. The highest BCUT2D eigenvalue weighted by molar-refractivity contribution is 7.88. The minimum atomic E-state index is -3.61. The summed E-state index contributed by atoms with van der Waals surface area (Å²) < 4.78 is 23.7. The van der Waals surface area contributed by atoms with E-state index < -0.39 is 15.9 Å². The summed E-state index contributed by atoms with van der Waals surface area (Å²) in [5.41, 5.74) is 0.923. The van der Waals surface area contributed by atoms with E-state index in [1.54, 1.807) is 6.07 Å². The zero-order valence-electron chi connectivity index (χ0n) is 16.8. The van der Waals surface area contributed by atoms with E-state index in [0.717, 1.165) is 12.8 Å². The van der Waals surface area contributed by atoms with Crippen LogP contribution in [0.5, 0.6) is 0 Å². The van der Waals surface area contributed by atoms with Crippen LogP contribution in [0.4, 0.5) is 0 Å². The van der Waals surface area contributed by atoms with Crippen LogP contribution in [-0.4, -0.2) is 86.4 Å². The molecule has 0 radical (unpaired) electrons. The van der Waals surface area contributed by atoms with Crippen molar-refractivity contribution >= 4 is 21.8 Å². The predicted octanol–water partition coefficient (Wildman–Crippen LogP) is 0.846. The number of carbonyl (C=O) groups excluding carboxylic acids is 2. The first kappa shape index (κ1) is 23.0. The standard InChI is InChI=1S/C18H30N4O4S/c1-6-22(13-12-20(2)3)17(23)9-7-8-16-14-15(10-11-19-16)18(24)21(4)27(5,25)26/h10-11,14H,6-9,12-13H2,1-5H3. The molecule has 1 aromatic rings. The highest BCUT2D eigenvalue weighted by Gasteiger charge is 2.20. The van der Waals surface area contributed by atoms with E-state index in [9.17, 15) is 18.0 Å². The first-order chi connectivity index (χ1) is 12.6. The van der Waals surface area contributed by atoms with Gasteiger partial charge in [-0.15, -0.1) is 0 Å². The molecule has 0 aliphatic heterocycles. The lowest BCUT2D eigenvalue weighted by Crippen LogP contribution is -2.36. The second-order valence-corrected chi connectivity index (χ2v) is 8.72. The molecule has 0 saturated heterocycles. The van der Waals surface area contributed by atoms with Gasteiger partial charge >= 0.3 is 0 Å². The monoisotopic (exact) mass is 398 g/mol. The Morgan fingerprint density at radius 2 is 1.81 bits per heavy atom. The molecule has 1 rings (SSSR count). The molecule has 1 heterocycles. The van der Waals surface area contributed by atoms with Gasteiger partial charge in [0.05, 0.1) is 6.26 Å². The van der Waals surface area contributed by atoms with E-state index >= 15 is 0 Å². The van der Waals surface area contributed by atoms with Crippen molar-refractivity contribution in [1.29, 1.82) is 0 Å². The van der Waals surface area contributed by atoms with Gasteiger partial charge in [-0.1, -0.05) is 0 Å². The number of rotatable bonds is 10. The number of likely N-dealkylation sites (N-methyl/N-ethyl adjacent to an activating group) is 2. The maximum Gasteiger partial charge on any atom is 0.267 e. The Hall–Kier alpha value is -2.00. The first-order valence-corrected chi connectivity index (χ1v) is 10.8. The second-order valence-electron chi connectivity index (χ2n) is 6.70. The Labute approximate surface area is 162 Å². The average molecular weight is 399 g/mol. The second kappa shape index (κ2) is 10.4. The predicted molar refractivity (Wildman–Crippen MR) is 105 cm³/mol. The molecular formula is C18H30N4O4S. The van der Waals surface area contributed by atoms with Crippen molar-refractivity contribution < 1.29 is 18.0 Å². The number of nitrogens with zero attached hydrogens (tertiary/aromatic N) is 4. The topological polar surface area (TPSA) is 90.9 Å². The van der Waals surface area contributed by atoms with Crippen molar-refractivity contribution in [2.24, 2.45) is 0 Å². The maximum atomic E-state index is 12.3. The fourth-order valence-corrected chi connectivity index (χ4v) is 2.85. The fourth-order valence-electron chi connectivity index (χ4n) is 2.44. The van der Waals surface area contributed by atoms with Crippen LogP contribution in [0.2, 0.25) is 0 Å². The minimum Gasteiger partial charge on any atom is -0.342 e. The molecule has 1 aromatic heterocycles. The molecule has 152 valence electrons. The van der Waals surface area contributed by atoms with Crippen LogP contribution >= 0.6 is 0 Å². The molecule has 0 bridgehead atoms. The molecule has 0 saturated carbocycles. The summed E-state index contributed by atoms with van der Waals surface area (Å²) in [5.74, 6) is -0.499. The van der Waals surface area contributed by atoms with Gasteiger partial charge in [-0.2, -0.15) is 0 Å². The molecule has 0 atom stereocenters. The van der Waals surface area contributed by atoms with Crippen molar-refractivity contribution in [3.05, 3.63) is 29.6 Å². The molecule has 0 aliphatic carbocycles. The average Bonchev–Trinajstić information content (AvgIpc) is 2.60. The van der Waals surface area contributed by atoms with Gasteiger partial charge in [0.15, 0.2) is 0 Å². The van der Waals surface area contributed by atoms with Crippen molar-refractivity contribution in [3.8, 4) is 0 Å². The zero-order valence-corrected chi connectivity index (χ0v) is 17.6. The molecule has 9 heteroatoms. The SMILES string of the molecule is CCN(CCN(C)C)C(=O)CCCc1cc(C(=O)N(C)S(C)(=O)=O)ccn1. The molecular weight excluding hydrogens is 368 g/mol. The van der Waals surface area contributed by atoms with Crippen LogP contribution in [0, 0.1) is 0 Å². The smallest absolute Gasteiger partial charge is 0.267 e. The first-order valence-electron chi connectivity index (χ1n) is 8.92. The van der Waals surface area contributed by atoms with E-state index in [1.807, 2.05) is 30.8 Å². The summed E-state index contributed by atoms with van der Waals surface area (Å²) in [6, 6.07) is 3.07. The quantitative estimate of drug-likeness (QED) is 0.580. The molecule has 0 aromatic carbocycles. The van der Waals surface area contributed by atoms with Crippen molar-refractivity contribution in [1.82, 2.24) is 19.1 Å². The van der Waals surface area contributed by atoms with Crippen LogP contribution in [-0.2, 0) is 21.2 Å². The van der Waals surface area contributed by atoms with E-state index in [4.69, 9.17) is 0 Å². The van der Waals surface area contributed by atoms with Crippen LogP contribution in [0.1, 0.15) is 35.8 Å². The largest absolute Gasteiger partial charge is 0.342 e. The van der Waals surface area contributed by atoms with Gasteiger partial charge in [-0.3, -0.25) is 14.6 Å². The Bertz CT molecular complexity index is 749. The van der Waals surface area contributed by atoms with Gasteiger partial charge in [-0.25, -0.2) is 12.7 Å². The summed E-state index contributed by atoms with van der Waals surface area (Å²) in [5, 5.41) is 0. The molecule has 0 unspecified atom stereocenters. The van der Waals surface area contributed by atoms with Gasteiger partial charge < -0.3 is 9.80 Å². The van der Waals surface area contributed by atoms with Crippen LogP contribution in [0.25, 0.3) is 0 Å². The van der Waals surface area contributed by atoms with Crippen LogP contribution < -0.4 is 0 Å². The number of aromatic nitrogens is 1. The third-order valence-electron chi connectivity index (χ3n) is 4.22. The highest BCUT2D eigenvalue weighted by Crippen LogP contribution is 2.10.